The summed E-state index contributed by atoms with van der Waals surface area (Å²) in [6.45, 7) is 6.34. The van der Waals surface area contributed by atoms with Crippen molar-refractivity contribution < 1.29 is 0 Å². The van der Waals surface area contributed by atoms with Crippen molar-refractivity contribution in [1.29, 1.82) is 0 Å². The zero-order chi connectivity index (χ0) is 17.9. The van der Waals surface area contributed by atoms with Crippen LogP contribution >= 0.6 is 0 Å². The zero-order valence-electron chi connectivity index (χ0n) is 15.3. The SMILES string of the molecule is CN(C)CC(C)(C)CNc1nc(-c2cccnc2)nc2ccccc12. The molecule has 0 unspecified atom stereocenters. The van der Waals surface area contributed by atoms with Gasteiger partial charge in [0.05, 0.1) is 5.52 Å². The second-order valence-electron chi connectivity index (χ2n) is 7.41. The molecule has 0 radical (unpaired) electrons. The number of hydrogen-bond donors (Lipinski definition) is 1. The Morgan fingerprint density at radius 3 is 2.56 bits per heavy atom. The van der Waals surface area contributed by atoms with Crippen molar-refractivity contribution in [3.63, 3.8) is 0 Å². The van der Waals surface area contributed by atoms with Gasteiger partial charge in [-0.1, -0.05) is 26.0 Å². The number of pyridine rings is 1. The molecule has 0 aliphatic rings. The summed E-state index contributed by atoms with van der Waals surface area (Å²) >= 11 is 0. The summed E-state index contributed by atoms with van der Waals surface area (Å²) in [7, 11) is 4.20. The van der Waals surface area contributed by atoms with Crippen LogP contribution in [0.25, 0.3) is 22.3 Å². The van der Waals surface area contributed by atoms with Gasteiger partial charge in [0, 0.05) is 36.4 Å². The molecule has 0 atom stereocenters. The van der Waals surface area contributed by atoms with Crippen molar-refractivity contribution in [2.24, 2.45) is 5.41 Å². The molecule has 5 heteroatoms. The minimum atomic E-state index is 0.129. The molecule has 0 aliphatic heterocycles. The summed E-state index contributed by atoms with van der Waals surface area (Å²) in [5.41, 5.74) is 1.98. The topological polar surface area (TPSA) is 53.9 Å². The first-order chi connectivity index (χ1) is 11.9. The Bertz CT molecular complexity index is 843. The van der Waals surface area contributed by atoms with Crippen LogP contribution in [0, 0.1) is 5.41 Å². The minimum Gasteiger partial charge on any atom is -0.369 e. The molecule has 2 heterocycles. The molecule has 1 N–H and O–H groups in total. The molecule has 0 fully saturated rings. The number of anilines is 1. The highest BCUT2D eigenvalue weighted by atomic mass is 15.1. The monoisotopic (exact) mass is 335 g/mol. The van der Waals surface area contributed by atoms with Crippen molar-refractivity contribution in [3.8, 4) is 11.4 Å². The third-order valence-corrected chi connectivity index (χ3v) is 4.00. The first-order valence-electron chi connectivity index (χ1n) is 8.50. The Balaban J connectivity index is 1.96. The molecule has 0 bridgehead atoms. The predicted molar refractivity (Wildman–Crippen MR) is 104 cm³/mol. The number of aromatic nitrogens is 3. The minimum absolute atomic E-state index is 0.129. The van der Waals surface area contributed by atoms with Crippen molar-refractivity contribution >= 4 is 16.7 Å². The number of rotatable bonds is 6. The third kappa shape index (κ3) is 4.31. The molecule has 0 spiro atoms. The van der Waals surface area contributed by atoms with Crippen LogP contribution in [0.15, 0.2) is 48.8 Å². The quantitative estimate of drug-likeness (QED) is 0.744. The van der Waals surface area contributed by atoms with Crippen molar-refractivity contribution in [2.75, 3.05) is 32.5 Å². The molecular weight excluding hydrogens is 310 g/mol. The fourth-order valence-corrected chi connectivity index (χ4v) is 3.07. The normalized spacial score (nSPS) is 11.9. The molecule has 1 aromatic carbocycles. The van der Waals surface area contributed by atoms with Gasteiger partial charge in [0.2, 0.25) is 0 Å². The molecule has 130 valence electrons. The maximum absolute atomic E-state index is 4.78. The smallest absolute Gasteiger partial charge is 0.163 e. The van der Waals surface area contributed by atoms with Crippen LogP contribution in [0.1, 0.15) is 13.8 Å². The van der Waals surface area contributed by atoms with E-state index in [1.54, 1.807) is 12.4 Å². The third-order valence-electron chi connectivity index (χ3n) is 4.00. The second-order valence-corrected chi connectivity index (χ2v) is 7.41. The van der Waals surface area contributed by atoms with E-state index < -0.39 is 0 Å². The van der Waals surface area contributed by atoms with E-state index in [4.69, 9.17) is 9.97 Å². The lowest BCUT2D eigenvalue weighted by atomic mass is 9.93. The Morgan fingerprint density at radius 2 is 1.84 bits per heavy atom. The Labute approximate surface area is 149 Å². The average Bonchev–Trinajstić information content (AvgIpc) is 2.59. The van der Waals surface area contributed by atoms with Gasteiger partial charge >= 0.3 is 0 Å². The van der Waals surface area contributed by atoms with Crippen LogP contribution < -0.4 is 5.32 Å². The predicted octanol–water partition coefficient (Wildman–Crippen LogP) is 3.69. The van der Waals surface area contributed by atoms with E-state index in [1.165, 1.54) is 0 Å². The number of hydrogen-bond acceptors (Lipinski definition) is 5. The largest absolute Gasteiger partial charge is 0.369 e. The highest BCUT2D eigenvalue weighted by molar-refractivity contribution is 5.90. The van der Waals surface area contributed by atoms with Crippen molar-refractivity contribution in [2.45, 2.75) is 13.8 Å². The summed E-state index contributed by atoms with van der Waals surface area (Å²) in [5, 5.41) is 4.58. The summed E-state index contributed by atoms with van der Waals surface area (Å²) < 4.78 is 0. The fraction of sp³-hybridized carbons (Fsp3) is 0.350. The molecule has 25 heavy (non-hydrogen) atoms. The Morgan fingerprint density at radius 1 is 1.04 bits per heavy atom. The van der Waals surface area contributed by atoms with Gasteiger partial charge in [-0.15, -0.1) is 0 Å². The van der Waals surface area contributed by atoms with Crippen LogP contribution in [0.2, 0.25) is 0 Å². The lowest BCUT2D eigenvalue weighted by Crippen LogP contribution is -2.34. The van der Waals surface area contributed by atoms with E-state index in [0.29, 0.717) is 5.82 Å². The van der Waals surface area contributed by atoms with E-state index in [-0.39, 0.29) is 5.41 Å². The van der Waals surface area contributed by atoms with Crippen LogP contribution in [0.4, 0.5) is 5.82 Å². The Kier molecular flexibility index (Phi) is 4.95. The van der Waals surface area contributed by atoms with Gasteiger partial charge in [-0.25, -0.2) is 9.97 Å². The molecule has 3 rings (SSSR count). The van der Waals surface area contributed by atoms with Crippen LogP contribution in [0.5, 0.6) is 0 Å². The maximum Gasteiger partial charge on any atom is 0.163 e. The van der Waals surface area contributed by atoms with Crippen molar-refractivity contribution in [3.05, 3.63) is 48.8 Å². The van der Waals surface area contributed by atoms with Gasteiger partial charge in [-0.05, 0) is 43.8 Å². The summed E-state index contributed by atoms with van der Waals surface area (Å²) in [6.07, 6.45) is 3.55. The molecule has 2 aromatic heterocycles. The molecular formula is C20H25N5. The number of benzene rings is 1. The van der Waals surface area contributed by atoms with Crippen molar-refractivity contribution in [1.82, 2.24) is 19.9 Å². The molecule has 0 saturated carbocycles. The summed E-state index contributed by atoms with van der Waals surface area (Å²) in [4.78, 5) is 15.9. The van der Waals surface area contributed by atoms with Crippen LogP contribution in [-0.4, -0.2) is 47.0 Å². The van der Waals surface area contributed by atoms with E-state index in [0.717, 1.165) is 35.4 Å². The second kappa shape index (κ2) is 7.15. The van der Waals surface area contributed by atoms with Crippen LogP contribution in [-0.2, 0) is 0 Å². The zero-order valence-corrected chi connectivity index (χ0v) is 15.3. The number of fused-ring (bicyclic) bond motifs is 1. The van der Waals surface area contributed by atoms with E-state index in [9.17, 15) is 0 Å². The lowest BCUT2D eigenvalue weighted by Gasteiger charge is -2.29. The van der Waals surface area contributed by atoms with Gasteiger partial charge in [0.1, 0.15) is 5.82 Å². The fourth-order valence-electron chi connectivity index (χ4n) is 3.07. The average molecular weight is 335 g/mol. The first kappa shape index (κ1) is 17.3. The van der Waals surface area contributed by atoms with E-state index >= 15 is 0 Å². The standard InChI is InChI=1S/C20H25N5/c1-20(2,14-25(3)4)13-22-19-16-9-5-6-10-17(16)23-18(24-19)15-8-7-11-21-12-15/h5-12H,13-14H2,1-4H3,(H,22,23,24). The molecule has 0 saturated heterocycles. The van der Waals surface area contributed by atoms with Gasteiger partial charge in [0.15, 0.2) is 5.82 Å². The van der Waals surface area contributed by atoms with E-state index in [1.807, 2.05) is 30.3 Å². The van der Waals surface area contributed by atoms with Crippen LogP contribution in [0.3, 0.4) is 0 Å². The number of nitrogens with zero attached hydrogens (tertiary/aromatic N) is 4. The molecule has 3 aromatic rings. The lowest BCUT2D eigenvalue weighted by molar-refractivity contribution is 0.254. The van der Waals surface area contributed by atoms with Gasteiger partial charge in [-0.2, -0.15) is 0 Å². The van der Waals surface area contributed by atoms with Gasteiger partial charge in [0.25, 0.3) is 0 Å². The number of para-hydroxylation sites is 1. The molecule has 5 nitrogen and oxygen atoms in total. The summed E-state index contributed by atoms with van der Waals surface area (Å²) in [6, 6.07) is 12.0. The maximum atomic E-state index is 4.78. The molecule has 0 amide bonds. The number of nitrogens with one attached hydrogen (secondary N) is 1. The van der Waals surface area contributed by atoms with Gasteiger partial charge < -0.3 is 10.2 Å². The first-order valence-corrected chi connectivity index (χ1v) is 8.50. The highest BCUT2D eigenvalue weighted by Crippen LogP contribution is 2.26. The van der Waals surface area contributed by atoms with Gasteiger partial charge in [-0.3, -0.25) is 4.98 Å². The highest BCUT2D eigenvalue weighted by Gasteiger charge is 2.19. The van der Waals surface area contributed by atoms with E-state index in [2.05, 4.69) is 49.2 Å². The summed E-state index contributed by atoms with van der Waals surface area (Å²) in [5.74, 6) is 1.57. The molecule has 0 aliphatic carbocycles. The Hall–Kier alpha value is -2.53.